The third kappa shape index (κ3) is 5.20. The summed E-state index contributed by atoms with van der Waals surface area (Å²) in [5.74, 6) is 0.991. The van der Waals surface area contributed by atoms with Gasteiger partial charge in [-0.2, -0.15) is 22.5 Å². The number of rotatable bonds is 5. The van der Waals surface area contributed by atoms with Crippen LogP contribution < -0.4 is 9.80 Å². The third-order valence-corrected chi connectivity index (χ3v) is 6.68. The molecule has 0 atom stereocenters. The molecule has 164 valence electrons. The third-order valence-electron chi connectivity index (χ3n) is 4.83. The van der Waals surface area contributed by atoms with Gasteiger partial charge in [0, 0.05) is 52.0 Å². The highest BCUT2D eigenvalue weighted by atomic mass is 32.2. The zero-order chi connectivity index (χ0) is 22.1. The van der Waals surface area contributed by atoms with E-state index in [2.05, 4.69) is 9.97 Å². The van der Waals surface area contributed by atoms with Gasteiger partial charge in [-0.3, -0.25) is 0 Å². The van der Waals surface area contributed by atoms with Crippen LogP contribution in [-0.4, -0.2) is 63.0 Å². The van der Waals surface area contributed by atoms with E-state index in [1.165, 1.54) is 16.4 Å². The number of hydrogen-bond acceptors (Lipinski definition) is 6. The summed E-state index contributed by atoms with van der Waals surface area (Å²) in [5, 5.41) is 0. The normalized spacial score (nSPS) is 16.0. The first-order valence-corrected chi connectivity index (χ1v) is 11.0. The van der Waals surface area contributed by atoms with Gasteiger partial charge in [-0.1, -0.05) is 12.1 Å². The second-order valence-corrected chi connectivity index (χ2v) is 9.37. The number of alkyl halides is 3. The highest BCUT2D eigenvalue weighted by molar-refractivity contribution is 7.88. The molecule has 7 nitrogen and oxygen atoms in total. The Bertz CT molecular complexity index is 986. The maximum atomic E-state index is 12.7. The largest absolute Gasteiger partial charge is 0.416 e. The maximum absolute atomic E-state index is 12.7. The summed E-state index contributed by atoms with van der Waals surface area (Å²) in [6, 6.07) is 6.09. The quantitative estimate of drug-likeness (QED) is 0.708. The van der Waals surface area contributed by atoms with Crippen LogP contribution in [0.15, 0.2) is 30.3 Å². The van der Waals surface area contributed by atoms with Gasteiger partial charge in [-0.15, -0.1) is 0 Å². The van der Waals surface area contributed by atoms with Crippen molar-refractivity contribution in [2.24, 2.45) is 0 Å². The smallest absolute Gasteiger partial charge is 0.363 e. The van der Waals surface area contributed by atoms with Crippen molar-refractivity contribution in [1.82, 2.24) is 14.3 Å². The van der Waals surface area contributed by atoms with Crippen molar-refractivity contribution in [2.75, 3.05) is 50.1 Å². The molecule has 1 fully saturated rings. The van der Waals surface area contributed by atoms with Crippen LogP contribution in [0.5, 0.6) is 0 Å². The Hall–Kier alpha value is -2.40. The molecule has 0 bridgehead atoms. The molecule has 1 saturated heterocycles. The molecule has 2 heterocycles. The average molecular weight is 443 g/mol. The lowest BCUT2D eigenvalue weighted by molar-refractivity contribution is -0.137. The lowest BCUT2D eigenvalue weighted by atomic mass is 10.1. The molecule has 1 aromatic carbocycles. The van der Waals surface area contributed by atoms with Gasteiger partial charge in [0.2, 0.25) is 16.0 Å². The second-order valence-electron chi connectivity index (χ2n) is 7.40. The first-order chi connectivity index (χ1) is 14.0. The molecule has 0 aliphatic carbocycles. The van der Waals surface area contributed by atoms with E-state index in [-0.39, 0.29) is 18.8 Å². The minimum Gasteiger partial charge on any atom is -0.363 e. The summed E-state index contributed by atoms with van der Waals surface area (Å²) in [7, 11) is 0.129. The molecular formula is C19H24F3N5O2S. The maximum Gasteiger partial charge on any atom is 0.416 e. The summed E-state index contributed by atoms with van der Waals surface area (Å²) in [6.45, 7) is 3.27. The Morgan fingerprint density at radius 1 is 1.03 bits per heavy atom. The SMILES string of the molecule is Cc1cc(N(C)C)nc(N2CCN(S(=O)(=O)Cc3ccc(C(F)(F)F)cc3)CC2)n1. The lowest BCUT2D eigenvalue weighted by Crippen LogP contribution is -2.49. The fourth-order valence-electron chi connectivity index (χ4n) is 3.17. The van der Waals surface area contributed by atoms with Gasteiger partial charge in [-0.05, 0) is 24.6 Å². The van der Waals surface area contributed by atoms with Gasteiger partial charge in [-0.25, -0.2) is 13.4 Å². The van der Waals surface area contributed by atoms with E-state index < -0.39 is 21.8 Å². The van der Waals surface area contributed by atoms with Crippen molar-refractivity contribution in [2.45, 2.75) is 18.9 Å². The molecule has 1 aliphatic heterocycles. The second kappa shape index (κ2) is 8.38. The molecule has 0 saturated carbocycles. The van der Waals surface area contributed by atoms with E-state index in [4.69, 9.17) is 0 Å². The predicted molar refractivity (Wildman–Crippen MR) is 109 cm³/mol. The molecule has 1 aromatic heterocycles. The minimum absolute atomic E-state index is 0.261. The minimum atomic E-state index is -4.45. The molecule has 2 aromatic rings. The van der Waals surface area contributed by atoms with Crippen LogP contribution in [0.3, 0.4) is 0 Å². The summed E-state index contributed by atoms with van der Waals surface area (Å²) in [6.07, 6.45) is -4.45. The van der Waals surface area contributed by atoms with Gasteiger partial charge >= 0.3 is 6.18 Å². The highest BCUT2D eigenvalue weighted by Gasteiger charge is 2.31. The number of nitrogens with zero attached hydrogens (tertiary/aromatic N) is 5. The van der Waals surface area contributed by atoms with Crippen LogP contribution >= 0.6 is 0 Å². The van der Waals surface area contributed by atoms with Crippen molar-refractivity contribution < 1.29 is 21.6 Å². The summed E-state index contributed by atoms with van der Waals surface area (Å²) in [5.41, 5.74) is 0.344. The van der Waals surface area contributed by atoms with Crippen molar-refractivity contribution in [3.8, 4) is 0 Å². The van der Waals surface area contributed by atoms with Crippen molar-refractivity contribution in [1.29, 1.82) is 0 Å². The molecule has 1 aliphatic rings. The number of sulfonamides is 1. The number of aryl methyl sites for hydroxylation is 1. The van der Waals surface area contributed by atoms with Crippen LogP contribution in [0.1, 0.15) is 16.8 Å². The zero-order valence-corrected chi connectivity index (χ0v) is 17.8. The molecule has 0 radical (unpaired) electrons. The van der Waals surface area contributed by atoms with Gasteiger partial charge < -0.3 is 9.80 Å². The molecule has 3 rings (SSSR count). The predicted octanol–water partition coefficient (Wildman–Crippen LogP) is 2.52. The topological polar surface area (TPSA) is 69.6 Å². The standard InChI is InChI=1S/C19H24F3N5O2S/c1-14-12-17(25(2)3)24-18(23-14)26-8-10-27(11-9-26)30(28,29)13-15-4-6-16(7-5-15)19(20,21)22/h4-7,12H,8-11,13H2,1-3H3. The summed E-state index contributed by atoms with van der Waals surface area (Å²) >= 11 is 0. The number of anilines is 2. The highest BCUT2D eigenvalue weighted by Crippen LogP contribution is 2.29. The number of aromatic nitrogens is 2. The van der Waals surface area contributed by atoms with Gasteiger partial charge in [0.05, 0.1) is 11.3 Å². The average Bonchev–Trinajstić information content (AvgIpc) is 2.67. The Kier molecular flexibility index (Phi) is 6.23. The molecule has 0 unspecified atom stereocenters. The zero-order valence-electron chi connectivity index (χ0n) is 17.0. The summed E-state index contributed by atoms with van der Waals surface area (Å²) < 4.78 is 64.8. The van der Waals surface area contributed by atoms with Gasteiger partial charge in [0.1, 0.15) is 5.82 Å². The Balaban J connectivity index is 1.65. The van der Waals surface area contributed by atoms with E-state index in [9.17, 15) is 21.6 Å². The molecular weight excluding hydrogens is 419 g/mol. The van der Waals surface area contributed by atoms with Crippen LogP contribution in [0, 0.1) is 6.92 Å². The van der Waals surface area contributed by atoms with Crippen LogP contribution in [0.4, 0.5) is 24.9 Å². The van der Waals surface area contributed by atoms with Crippen molar-refractivity contribution in [3.63, 3.8) is 0 Å². The van der Waals surface area contributed by atoms with Crippen LogP contribution in [0.2, 0.25) is 0 Å². The van der Waals surface area contributed by atoms with E-state index in [0.29, 0.717) is 24.6 Å². The van der Waals surface area contributed by atoms with Crippen molar-refractivity contribution >= 4 is 21.8 Å². The molecule has 30 heavy (non-hydrogen) atoms. The molecule has 11 heteroatoms. The summed E-state index contributed by atoms with van der Waals surface area (Å²) in [4.78, 5) is 12.8. The molecule has 0 spiro atoms. The number of halogens is 3. The van der Waals surface area contributed by atoms with Gasteiger partial charge in [0.25, 0.3) is 0 Å². The Morgan fingerprint density at radius 3 is 2.17 bits per heavy atom. The van der Waals surface area contributed by atoms with E-state index in [1.54, 1.807) is 0 Å². The Labute approximate surface area is 174 Å². The number of piperazine rings is 1. The lowest BCUT2D eigenvalue weighted by Gasteiger charge is -2.34. The van der Waals surface area contributed by atoms with E-state index in [0.717, 1.165) is 23.6 Å². The van der Waals surface area contributed by atoms with Crippen LogP contribution in [-0.2, 0) is 22.0 Å². The number of benzene rings is 1. The van der Waals surface area contributed by atoms with Crippen molar-refractivity contribution in [3.05, 3.63) is 47.2 Å². The monoisotopic (exact) mass is 443 g/mol. The fraction of sp³-hybridized carbons (Fsp3) is 0.474. The fourth-order valence-corrected chi connectivity index (χ4v) is 4.68. The van der Waals surface area contributed by atoms with Crippen LogP contribution in [0.25, 0.3) is 0 Å². The first kappa shape index (κ1) is 22.3. The number of hydrogen-bond donors (Lipinski definition) is 0. The van der Waals surface area contributed by atoms with E-state index >= 15 is 0 Å². The van der Waals surface area contributed by atoms with Gasteiger partial charge in [0.15, 0.2) is 0 Å². The van der Waals surface area contributed by atoms with E-state index in [1.807, 2.05) is 36.9 Å². The molecule has 0 N–H and O–H groups in total. The molecule has 0 amide bonds. The first-order valence-electron chi connectivity index (χ1n) is 9.37. The Morgan fingerprint density at radius 2 is 1.63 bits per heavy atom.